The summed E-state index contributed by atoms with van der Waals surface area (Å²) in [4.78, 5) is 55.2. The van der Waals surface area contributed by atoms with Gasteiger partial charge in [0.1, 0.15) is 5.75 Å². The van der Waals surface area contributed by atoms with E-state index in [1.54, 1.807) is 67.6 Å². The number of fused-ring (bicyclic) bond motifs is 1. The molecule has 4 rings (SSSR count). The molecule has 1 aliphatic rings. The third-order valence-corrected chi connectivity index (χ3v) is 7.63. The predicted octanol–water partition coefficient (Wildman–Crippen LogP) is 6.84. The number of Topliss-reactive ketones (excluding diaryl/α,β-unsaturated/α-hetero) is 2. The summed E-state index contributed by atoms with van der Waals surface area (Å²) < 4.78 is 11.8. The molecule has 8 heteroatoms. The van der Waals surface area contributed by atoms with Crippen molar-refractivity contribution in [2.45, 2.75) is 32.6 Å². The fourth-order valence-corrected chi connectivity index (χ4v) is 5.61. The monoisotopic (exact) mass is 596 g/mol. The number of halogens is 2. The fraction of sp³-hybridized carbons (Fsp3) is 0.267. The number of ketones is 2. The van der Waals surface area contributed by atoms with Crippen LogP contribution in [0.2, 0.25) is 5.02 Å². The highest BCUT2D eigenvalue weighted by atomic mass is 79.9. The van der Waals surface area contributed by atoms with Crippen LogP contribution in [0.15, 0.2) is 77.3 Å². The SMILES string of the molecule is CCOC(=O)C1(CC(=O)c2ccc(Cl)cc2)C(=O)Oc2ccc(Br)cc2C1C(CC)C(=O)c1ccccc1. The van der Waals surface area contributed by atoms with Crippen LogP contribution in [0.25, 0.3) is 0 Å². The minimum Gasteiger partial charge on any atom is -0.465 e. The minimum atomic E-state index is -2.09. The van der Waals surface area contributed by atoms with E-state index in [-0.39, 0.29) is 23.7 Å². The molecule has 0 fully saturated rings. The lowest BCUT2D eigenvalue weighted by atomic mass is 9.60. The van der Waals surface area contributed by atoms with Crippen molar-refractivity contribution in [1.29, 1.82) is 0 Å². The van der Waals surface area contributed by atoms with Crippen molar-refractivity contribution < 1.29 is 28.7 Å². The van der Waals surface area contributed by atoms with E-state index in [2.05, 4.69) is 15.9 Å². The molecule has 3 unspecified atom stereocenters. The van der Waals surface area contributed by atoms with E-state index in [0.717, 1.165) is 0 Å². The molecule has 38 heavy (non-hydrogen) atoms. The number of hydrogen-bond donors (Lipinski definition) is 0. The molecule has 0 amide bonds. The molecule has 6 nitrogen and oxygen atoms in total. The predicted molar refractivity (Wildman–Crippen MR) is 147 cm³/mol. The standard InChI is InChI=1S/C30H26BrClO6/c1-3-22(27(34)19-8-6-5-7-9-19)26-23-16-20(31)12-15-25(23)38-29(36)30(26,28(35)37-4-2)17-24(33)18-10-13-21(32)14-11-18/h5-16,22,26H,3-4,17H2,1-2H3. The molecule has 3 aromatic carbocycles. The van der Waals surface area contributed by atoms with Crippen LogP contribution in [0.5, 0.6) is 5.75 Å². The van der Waals surface area contributed by atoms with Gasteiger partial charge in [-0.2, -0.15) is 0 Å². The normalized spacial score (nSPS) is 19.2. The molecule has 0 aliphatic carbocycles. The van der Waals surface area contributed by atoms with Gasteiger partial charge in [0, 0.05) is 44.4 Å². The molecule has 1 heterocycles. The molecule has 1 aliphatic heterocycles. The molecular weight excluding hydrogens is 572 g/mol. The first-order chi connectivity index (χ1) is 18.2. The number of benzene rings is 3. The molecule has 3 atom stereocenters. The second-order valence-electron chi connectivity index (χ2n) is 9.09. The largest absolute Gasteiger partial charge is 0.465 e. The summed E-state index contributed by atoms with van der Waals surface area (Å²) in [5.41, 5.74) is -0.901. The van der Waals surface area contributed by atoms with E-state index >= 15 is 0 Å². The summed E-state index contributed by atoms with van der Waals surface area (Å²) in [5, 5.41) is 0.440. The average molecular weight is 598 g/mol. The molecule has 0 bridgehead atoms. The van der Waals surface area contributed by atoms with E-state index in [1.807, 2.05) is 6.92 Å². The minimum absolute atomic E-state index is 0.0233. The maximum atomic E-state index is 13.9. The zero-order valence-corrected chi connectivity index (χ0v) is 23.3. The lowest BCUT2D eigenvalue weighted by Crippen LogP contribution is -2.54. The first-order valence-corrected chi connectivity index (χ1v) is 13.5. The first-order valence-electron chi connectivity index (χ1n) is 12.3. The summed E-state index contributed by atoms with van der Waals surface area (Å²) in [5.74, 6) is -4.16. The van der Waals surface area contributed by atoms with Gasteiger partial charge in [-0.15, -0.1) is 0 Å². The number of carbonyl (C=O) groups excluding carboxylic acids is 4. The van der Waals surface area contributed by atoms with Gasteiger partial charge >= 0.3 is 11.9 Å². The third-order valence-electron chi connectivity index (χ3n) is 6.89. The van der Waals surface area contributed by atoms with Gasteiger partial charge in [0.2, 0.25) is 0 Å². The van der Waals surface area contributed by atoms with E-state index in [0.29, 0.717) is 27.0 Å². The molecule has 0 saturated heterocycles. The zero-order chi connectivity index (χ0) is 27.4. The Bertz CT molecular complexity index is 1370. The summed E-state index contributed by atoms with van der Waals surface area (Å²) in [6.45, 7) is 3.41. The van der Waals surface area contributed by atoms with Gasteiger partial charge in [-0.3, -0.25) is 19.2 Å². The van der Waals surface area contributed by atoms with E-state index < -0.39 is 41.4 Å². The van der Waals surface area contributed by atoms with Gasteiger partial charge in [0.05, 0.1) is 6.61 Å². The Balaban J connectivity index is 1.95. The zero-order valence-electron chi connectivity index (χ0n) is 20.9. The topological polar surface area (TPSA) is 86.7 Å². The molecule has 0 aromatic heterocycles. The maximum Gasteiger partial charge on any atom is 0.330 e. The molecular formula is C30H26BrClO6. The Hall–Kier alpha value is -3.29. The lowest BCUT2D eigenvalue weighted by molar-refractivity contribution is -0.171. The molecule has 0 radical (unpaired) electrons. The number of ether oxygens (including phenoxy) is 2. The summed E-state index contributed by atoms with van der Waals surface area (Å²) in [6, 6.07) is 19.9. The van der Waals surface area contributed by atoms with Crippen molar-refractivity contribution in [2.24, 2.45) is 11.3 Å². The van der Waals surface area contributed by atoms with Gasteiger partial charge < -0.3 is 9.47 Å². The van der Waals surface area contributed by atoms with Gasteiger partial charge in [-0.25, -0.2) is 0 Å². The molecule has 3 aromatic rings. The Morgan fingerprint density at radius 1 is 1.00 bits per heavy atom. The van der Waals surface area contributed by atoms with E-state index in [1.165, 1.54) is 12.1 Å². The Labute approximate surface area is 234 Å². The molecule has 0 N–H and O–H groups in total. The van der Waals surface area contributed by atoms with Crippen LogP contribution in [0, 0.1) is 11.3 Å². The highest BCUT2D eigenvalue weighted by Crippen LogP contribution is 2.54. The van der Waals surface area contributed by atoms with Crippen LogP contribution in [0.1, 0.15) is 58.9 Å². The maximum absolute atomic E-state index is 13.9. The van der Waals surface area contributed by atoms with E-state index in [9.17, 15) is 19.2 Å². The van der Waals surface area contributed by atoms with Crippen molar-refractivity contribution >= 4 is 51.0 Å². The van der Waals surface area contributed by atoms with Crippen molar-refractivity contribution in [3.63, 3.8) is 0 Å². The number of carbonyl (C=O) groups is 4. The van der Waals surface area contributed by atoms with Crippen LogP contribution in [0.3, 0.4) is 0 Å². The fourth-order valence-electron chi connectivity index (χ4n) is 5.10. The van der Waals surface area contributed by atoms with E-state index in [4.69, 9.17) is 21.1 Å². The summed E-state index contributed by atoms with van der Waals surface area (Å²) in [6.07, 6.45) is -0.241. The van der Waals surface area contributed by atoms with Gasteiger partial charge in [0.25, 0.3) is 0 Å². The van der Waals surface area contributed by atoms with Crippen LogP contribution in [0.4, 0.5) is 0 Å². The Morgan fingerprint density at radius 2 is 1.68 bits per heavy atom. The highest BCUT2D eigenvalue weighted by molar-refractivity contribution is 9.10. The van der Waals surface area contributed by atoms with Gasteiger partial charge in [-0.1, -0.05) is 64.8 Å². The van der Waals surface area contributed by atoms with Crippen LogP contribution in [-0.4, -0.2) is 30.1 Å². The van der Waals surface area contributed by atoms with Crippen molar-refractivity contribution in [1.82, 2.24) is 0 Å². The molecule has 0 spiro atoms. The number of rotatable bonds is 9. The third kappa shape index (κ3) is 5.18. The molecule has 0 saturated carbocycles. The first kappa shape index (κ1) is 27.7. The number of hydrogen-bond acceptors (Lipinski definition) is 6. The quantitative estimate of drug-likeness (QED) is 0.116. The van der Waals surface area contributed by atoms with Crippen molar-refractivity contribution in [3.05, 3.63) is 99.0 Å². The Morgan fingerprint density at radius 3 is 2.32 bits per heavy atom. The second-order valence-corrected chi connectivity index (χ2v) is 10.4. The van der Waals surface area contributed by atoms with Crippen molar-refractivity contribution in [2.75, 3.05) is 6.61 Å². The highest BCUT2D eigenvalue weighted by Gasteiger charge is 2.62. The summed E-state index contributed by atoms with van der Waals surface area (Å²) >= 11 is 9.46. The molecule has 196 valence electrons. The van der Waals surface area contributed by atoms with Crippen LogP contribution < -0.4 is 4.74 Å². The van der Waals surface area contributed by atoms with Crippen LogP contribution in [-0.2, 0) is 14.3 Å². The van der Waals surface area contributed by atoms with Gasteiger partial charge in [-0.05, 0) is 55.8 Å². The van der Waals surface area contributed by atoms with Crippen LogP contribution >= 0.6 is 27.5 Å². The van der Waals surface area contributed by atoms with Gasteiger partial charge in [0.15, 0.2) is 17.0 Å². The average Bonchev–Trinajstić information content (AvgIpc) is 2.91. The number of esters is 2. The smallest absolute Gasteiger partial charge is 0.330 e. The summed E-state index contributed by atoms with van der Waals surface area (Å²) in [7, 11) is 0. The lowest BCUT2D eigenvalue weighted by Gasteiger charge is -2.43. The second kappa shape index (κ2) is 11.6. The Kier molecular flexibility index (Phi) is 8.48. The van der Waals surface area contributed by atoms with Crippen molar-refractivity contribution in [3.8, 4) is 5.75 Å².